The molecule has 0 aliphatic heterocycles. The van der Waals surface area contributed by atoms with Crippen LogP contribution in [-0.4, -0.2) is 44.5 Å². The van der Waals surface area contributed by atoms with Gasteiger partial charge in [-0.05, 0) is 53.9 Å². The van der Waals surface area contributed by atoms with E-state index in [4.69, 9.17) is 9.47 Å². The van der Waals surface area contributed by atoms with Gasteiger partial charge in [0, 0.05) is 35.6 Å². The Morgan fingerprint density at radius 1 is 0.967 bits per heavy atom. The first-order valence-corrected chi connectivity index (χ1v) is 10.2. The summed E-state index contributed by atoms with van der Waals surface area (Å²) in [7, 11) is -2.93. The topological polar surface area (TPSA) is 134 Å². The van der Waals surface area contributed by atoms with Gasteiger partial charge in [-0.1, -0.05) is 0 Å². The molecule has 3 aromatic carbocycles. The second-order valence-corrected chi connectivity index (χ2v) is 7.73. The number of fused-ring (bicyclic) bond motifs is 1. The second-order valence-electron chi connectivity index (χ2n) is 6.31. The number of benzene rings is 3. The van der Waals surface area contributed by atoms with Crippen molar-refractivity contribution in [3.8, 4) is 5.75 Å². The van der Waals surface area contributed by atoms with Gasteiger partial charge in [-0.3, -0.25) is 9.87 Å². The average Bonchev–Trinajstić information content (AvgIpc) is 2.69. The maximum absolute atomic E-state index is 11.6. The van der Waals surface area contributed by atoms with E-state index in [2.05, 4.69) is 10.6 Å². The van der Waals surface area contributed by atoms with Crippen molar-refractivity contribution in [2.75, 3.05) is 31.0 Å². The maximum Gasteiger partial charge on any atom is 0.411 e. The Hall–Kier alpha value is -3.34. The quantitative estimate of drug-likeness (QED) is 0.328. The number of carbonyl (C=O) groups excluding carboxylic acids is 1. The molecule has 0 saturated carbocycles. The van der Waals surface area contributed by atoms with Crippen LogP contribution >= 0.6 is 0 Å². The van der Waals surface area contributed by atoms with Crippen molar-refractivity contribution in [1.82, 2.24) is 0 Å². The van der Waals surface area contributed by atoms with Gasteiger partial charge in [-0.25, -0.2) is 4.79 Å². The van der Waals surface area contributed by atoms with Crippen molar-refractivity contribution in [2.24, 2.45) is 0 Å². The van der Waals surface area contributed by atoms with Crippen molar-refractivity contribution >= 4 is 44.0 Å². The molecule has 0 aliphatic carbocycles. The molecular formula is C20H20N2O7S. The minimum atomic E-state index is -4.44. The second kappa shape index (κ2) is 8.99. The van der Waals surface area contributed by atoms with Crippen LogP contribution in [0.3, 0.4) is 0 Å². The van der Waals surface area contributed by atoms with Gasteiger partial charge in [0.1, 0.15) is 12.4 Å². The van der Waals surface area contributed by atoms with E-state index in [9.17, 15) is 22.9 Å². The number of phenolic OH excluding ortho intramolecular Hbond substituents is 1. The molecule has 0 aliphatic rings. The van der Waals surface area contributed by atoms with Crippen LogP contribution in [0.4, 0.5) is 21.9 Å². The summed E-state index contributed by atoms with van der Waals surface area (Å²) in [5.74, 6) is -0.250. The largest absolute Gasteiger partial charge is 0.507 e. The summed E-state index contributed by atoms with van der Waals surface area (Å²) in [6.45, 7) is 0.463. The molecule has 0 aromatic heterocycles. The third-order valence-electron chi connectivity index (χ3n) is 4.14. The first-order chi connectivity index (χ1) is 14.3. The van der Waals surface area contributed by atoms with Crippen LogP contribution in [0, 0.1) is 0 Å². The van der Waals surface area contributed by atoms with Gasteiger partial charge < -0.3 is 19.9 Å². The van der Waals surface area contributed by atoms with E-state index in [0.717, 1.165) is 6.07 Å². The summed E-state index contributed by atoms with van der Waals surface area (Å²) in [6.07, 6.45) is -0.586. The summed E-state index contributed by atoms with van der Waals surface area (Å²) >= 11 is 0. The zero-order chi connectivity index (χ0) is 21.7. The molecule has 1 amide bonds. The predicted molar refractivity (Wildman–Crippen MR) is 112 cm³/mol. The number of rotatable bonds is 7. The lowest BCUT2D eigenvalue weighted by atomic mass is 10.1. The number of ether oxygens (including phenoxy) is 2. The van der Waals surface area contributed by atoms with E-state index < -0.39 is 21.1 Å². The fourth-order valence-corrected chi connectivity index (χ4v) is 3.26. The third kappa shape index (κ3) is 5.38. The molecule has 0 atom stereocenters. The van der Waals surface area contributed by atoms with Crippen molar-refractivity contribution in [1.29, 1.82) is 0 Å². The Kier molecular flexibility index (Phi) is 6.40. The first-order valence-electron chi connectivity index (χ1n) is 8.80. The van der Waals surface area contributed by atoms with Gasteiger partial charge in [-0.15, -0.1) is 0 Å². The van der Waals surface area contributed by atoms with E-state index >= 15 is 0 Å². The molecule has 0 radical (unpaired) electrons. The van der Waals surface area contributed by atoms with Crippen LogP contribution in [0.25, 0.3) is 10.8 Å². The molecule has 4 N–H and O–H groups in total. The average molecular weight is 432 g/mol. The Bertz CT molecular complexity index is 1160. The highest BCUT2D eigenvalue weighted by molar-refractivity contribution is 7.85. The normalized spacial score (nSPS) is 11.3. The molecule has 0 unspecified atom stereocenters. The third-order valence-corrected chi connectivity index (χ3v) is 4.97. The highest BCUT2D eigenvalue weighted by atomic mass is 32.2. The van der Waals surface area contributed by atoms with E-state index in [1.807, 2.05) is 0 Å². The molecule has 0 saturated heterocycles. The van der Waals surface area contributed by atoms with Crippen molar-refractivity contribution < 1.29 is 32.3 Å². The summed E-state index contributed by atoms with van der Waals surface area (Å²) in [5, 5.41) is 16.6. The first kappa shape index (κ1) is 21.4. The number of carbonyl (C=O) groups is 1. The number of anilines is 3. The number of hydrogen-bond donors (Lipinski definition) is 4. The van der Waals surface area contributed by atoms with Crippen LogP contribution in [0.15, 0.2) is 59.5 Å². The van der Waals surface area contributed by atoms with E-state index in [0.29, 0.717) is 34.4 Å². The highest BCUT2D eigenvalue weighted by Crippen LogP contribution is 2.31. The Labute approximate surface area is 173 Å². The Morgan fingerprint density at radius 3 is 2.30 bits per heavy atom. The lowest BCUT2D eigenvalue weighted by molar-refractivity contribution is 0.107. The highest BCUT2D eigenvalue weighted by Gasteiger charge is 2.13. The number of hydrogen-bond acceptors (Lipinski definition) is 7. The zero-order valence-corrected chi connectivity index (χ0v) is 16.8. The van der Waals surface area contributed by atoms with Gasteiger partial charge in [0.05, 0.1) is 11.5 Å². The van der Waals surface area contributed by atoms with Gasteiger partial charge in [0.25, 0.3) is 10.1 Å². The molecule has 0 heterocycles. The van der Waals surface area contributed by atoms with Gasteiger partial charge >= 0.3 is 6.09 Å². The van der Waals surface area contributed by atoms with Gasteiger partial charge in [0.2, 0.25) is 0 Å². The summed E-state index contributed by atoms with van der Waals surface area (Å²) < 4.78 is 41.7. The lowest BCUT2D eigenvalue weighted by Gasteiger charge is -2.11. The SMILES string of the molecule is COCCOC(=O)Nc1ccc(Nc2ccc3c(O)cc(S(=O)(=O)O)cc3c2)cc1. The van der Waals surface area contributed by atoms with Crippen LogP contribution in [0.5, 0.6) is 5.75 Å². The smallest absolute Gasteiger partial charge is 0.411 e. The molecule has 3 rings (SSSR count). The molecule has 0 fully saturated rings. The zero-order valence-electron chi connectivity index (χ0n) is 16.0. The Balaban J connectivity index is 1.73. The number of nitrogens with one attached hydrogen (secondary N) is 2. The van der Waals surface area contributed by atoms with Crippen molar-refractivity contribution in [3.05, 3.63) is 54.6 Å². The maximum atomic E-state index is 11.6. The van der Waals surface area contributed by atoms with Gasteiger partial charge in [0.15, 0.2) is 0 Å². The summed E-state index contributed by atoms with van der Waals surface area (Å²) in [6, 6.07) is 14.1. The molecule has 0 bridgehead atoms. The fourth-order valence-electron chi connectivity index (χ4n) is 2.72. The molecule has 3 aromatic rings. The lowest BCUT2D eigenvalue weighted by Crippen LogP contribution is -2.16. The Morgan fingerprint density at radius 2 is 1.63 bits per heavy atom. The van der Waals surface area contributed by atoms with Gasteiger partial charge in [-0.2, -0.15) is 8.42 Å². The number of aromatic hydroxyl groups is 1. The van der Waals surface area contributed by atoms with Crippen molar-refractivity contribution in [3.63, 3.8) is 0 Å². The van der Waals surface area contributed by atoms with E-state index in [-0.39, 0.29) is 12.4 Å². The standard InChI is InChI=1S/C20H20N2O7S/c1-28-8-9-29-20(24)22-15-4-2-14(3-5-15)21-16-6-7-18-13(10-16)11-17(12-19(18)23)30(25,26)27/h2-7,10-12,21,23H,8-9H2,1H3,(H,22,24)(H,25,26,27). The van der Waals surface area contributed by atoms with Crippen LogP contribution in [0.2, 0.25) is 0 Å². The summed E-state index contributed by atoms with van der Waals surface area (Å²) in [4.78, 5) is 11.2. The summed E-state index contributed by atoms with van der Waals surface area (Å²) in [5.41, 5.74) is 1.89. The molecular weight excluding hydrogens is 412 g/mol. The minimum Gasteiger partial charge on any atom is -0.507 e. The number of amides is 1. The van der Waals surface area contributed by atoms with E-state index in [1.165, 1.54) is 13.2 Å². The van der Waals surface area contributed by atoms with Crippen LogP contribution < -0.4 is 10.6 Å². The molecule has 9 nitrogen and oxygen atoms in total. The number of phenols is 1. The number of methoxy groups -OCH3 is 1. The van der Waals surface area contributed by atoms with Crippen LogP contribution in [0.1, 0.15) is 0 Å². The molecule has 0 spiro atoms. The molecule has 10 heteroatoms. The predicted octanol–water partition coefficient (Wildman–Crippen LogP) is 3.73. The van der Waals surface area contributed by atoms with Crippen molar-refractivity contribution in [2.45, 2.75) is 4.90 Å². The fraction of sp³-hybridized carbons (Fsp3) is 0.150. The minimum absolute atomic E-state index is 0.152. The molecule has 158 valence electrons. The molecule has 30 heavy (non-hydrogen) atoms. The van der Waals surface area contributed by atoms with E-state index in [1.54, 1.807) is 42.5 Å². The monoisotopic (exact) mass is 432 g/mol. The van der Waals surface area contributed by atoms with Crippen LogP contribution in [-0.2, 0) is 19.6 Å².